The van der Waals surface area contributed by atoms with Crippen LogP contribution in [0.3, 0.4) is 0 Å². The van der Waals surface area contributed by atoms with Gasteiger partial charge in [-0.25, -0.2) is 0 Å². The van der Waals surface area contributed by atoms with Crippen molar-refractivity contribution in [2.24, 2.45) is 0 Å². The van der Waals surface area contributed by atoms with Gasteiger partial charge in [0.1, 0.15) is 12.3 Å². The molecule has 0 saturated carbocycles. The zero-order valence-electron chi connectivity index (χ0n) is 17.5. The van der Waals surface area contributed by atoms with Gasteiger partial charge in [0, 0.05) is 17.3 Å². The molecule has 5 nitrogen and oxygen atoms in total. The second-order valence-electron chi connectivity index (χ2n) is 7.37. The van der Waals surface area contributed by atoms with Crippen molar-refractivity contribution in [1.82, 2.24) is 4.57 Å². The monoisotopic (exact) mass is 392 g/mol. The summed E-state index contributed by atoms with van der Waals surface area (Å²) in [6.45, 7) is 8.02. The van der Waals surface area contributed by atoms with Crippen LogP contribution >= 0.6 is 0 Å². The van der Waals surface area contributed by atoms with E-state index in [1.807, 2.05) is 44.2 Å². The van der Waals surface area contributed by atoms with Gasteiger partial charge in [-0.3, -0.25) is 9.59 Å². The molecule has 5 heteroatoms. The number of carbonyl (C=O) groups excluding carboxylic acids is 1. The standard InChI is InChI=1S/C24H28N2O3/c1-5-17-8-7-9-18(6-2)23(17)25-22(27)15-26-13-12-19-14-20(29-16(3)4)10-11-21(19)24(26)28/h7-14,16H,5-6,15H2,1-4H3,(H,25,27). The van der Waals surface area contributed by atoms with Crippen LogP contribution in [0.1, 0.15) is 38.8 Å². The number of nitrogens with one attached hydrogen (secondary N) is 1. The van der Waals surface area contributed by atoms with Crippen molar-refractivity contribution in [2.75, 3.05) is 5.32 Å². The zero-order valence-corrected chi connectivity index (χ0v) is 17.5. The fourth-order valence-electron chi connectivity index (χ4n) is 3.47. The summed E-state index contributed by atoms with van der Waals surface area (Å²) in [6, 6.07) is 13.3. The molecule has 0 aliphatic heterocycles. The Morgan fingerprint density at radius 2 is 1.76 bits per heavy atom. The summed E-state index contributed by atoms with van der Waals surface area (Å²) < 4.78 is 7.14. The highest BCUT2D eigenvalue weighted by Crippen LogP contribution is 2.23. The molecule has 1 N–H and O–H groups in total. The van der Waals surface area contributed by atoms with Crippen molar-refractivity contribution in [3.63, 3.8) is 0 Å². The number of fused-ring (bicyclic) bond motifs is 1. The summed E-state index contributed by atoms with van der Waals surface area (Å²) in [6.07, 6.45) is 3.39. The molecule has 2 aromatic carbocycles. The topological polar surface area (TPSA) is 60.3 Å². The van der Waals surface area contributed by atoms with E-state index in [1.54, 1.807) is 18.3 Å². The van der Waals surface area contributed by atoms with E-state index in [2.05, 4.69) is 19.2 Å². The number of benzene rings is 2. The highest BCUT2D eigenvalue weighted by Gasteiger charge is 2.12. The predicted molar refractivity (Wildman–Crippen MR) is 118 cm³/mol. The van der Waals surface area contributed by atoms with Crippen LogP contribution in [0.5, 0.6) is 5.75 Å². The molecule has 0 spiro atoms. The molecule has 0 unspecified atom stereocenters. The first kappa shape index (κ1) is 20.6. The van der Waals surface area contributed by atoms with Gasteiger partial charge in [0.05, 0.1) is 6.10 Å². The predicted octanol–water partition coefficient (Wildman–Crippen LogP) is 4.55. The summed E-state index contributed by atoms with van der Waals surface area (Å²) in [7, 11) is 0. The molecule has 1 amide bonds. The maximum atomic E-state index is 12.8. The number of pyridine rings is 1. The number of rotatable bonds is 7. The molecular weight excluding hydrogens is 364 g/mol. The Labute approximate surface area is 171 Å². The van der Waals surface area contributed by atoms with E-state index in [0.29, 0.717) is 5.39 Å². The normalized spacial score (nSPS) is 11.1. The highest BCUT2D eigenvalue weighted by atomic mass is 16.5. The highest BCUT2D eigenvalue weighted by molar-refractivity contribution is 5.92. The Bertz CT molecular complexity index is 1060. The SMILES string of the molecule is CCc1cccc(CC)c1NC(=O)Cn1ccc2cc(OC(C)C)ccc2c1=O. The van der Waals surface area contributed by atoms with Gasteiger partial charge in [0.2, 0.25) is 5.91 Å². The Kier molecular flexibility index (Phi) is 6.37. The number of aromatic nitrogens is 1. The minimum absolute atomic E-state index is 0.0276. The van der Waals surface area contributed by atoms with E-state index in [9.17, 15) is 9.59 Å². The lowest BCUT2D eigenvalue weighted by Crippen LogP contribution is -2.27. The van der Waals surface area contributed by atoms with E-state index >= 15 is 0 Å². The second-order valence-corrected chi connectivity index (χ2v) is 7.37. The largest absolute Gasteiger partial charge is 0.491 e. The van der Waals surface area contributed by atoms with Crippen LogP contribution in [-0.4, -0.2) is 16.6 Å². The number of ether oxygens (including phenoxy) is 1. The van der Waals surface area contributed by atoms with E-state index in [4.69, 9.17) is 4.74 Å². The van der Waals surface area contributed by atoms with Gasteiger partial charge in [0.15, 0.2) is 0 Å². The average Bonchev–Trinajstić information content (AvgIpc) is 2.69. The van der Waals surface area contributed by atoms with Crippen molar-refractivity contribution in [1.29, 1.82) is 0 Å². The number of para-hydroxylation sites is 1. The Morgan fingerprint density at radius 1 is 1.07 bits per heavy atom. The number of carbonyl (C=O) groups is 1. The van der Waals surface area contributed by atoms with Crippen molar-refractivity contribution in [3.05, 3.63) is 70.1 Å². The minimum Gasteiger partial charge on any atom is -0.491 e. The van der Waals surface area contributed by atoms with Gasteiger partial charge in [-0.05, 0) is 67.5 Å². The first-order chi connectivity index (χ1) is 13.9. The van der Waals surface area contributed by atoms with Crippen LogP contribution in [-0.2, 0) is 24.2 Å². The maximum Gasteiger partial charge on any atom is 0.258 e. The van der Waals surface area contributed by atoms with E-state index < -0.39 is 0 Å². The molecule has 0 atom stereocenters. The van der Waals surface area contributed by atoms with E-state index in [0.717, 1.165) is 40.8 Å². The molecule has 0 radical (unpaired) electrons. The summed E-state index contributed by atoms with van der Waals surface area (Å²) in [5.41, 5.74) is 2.88. The van der Waals surface area contributed by atoms with Crippen LogP contribution in [0.2, 0.25) is 0 Å². The Balaban J connectivity index is 1.84. The van der Waals surface area contributed by atoms with Crippen LogP contribution in [0.4, 0.5) is 5.69 Å². The molecule has 29 heavy (non-hydrogen) atoms. The molecule has 3 aromatic rings. The van der Waals surface area contributed by atoms with Crippen molar-refractivity contribution in [2.45, 2.75) is 53.2 Å². The number of anilines is 1. The van der Waals surface area contributed by atoms with Gasteiger partial charge in [-0.2, -0.15) is 0 Å². The third-order valence-corrected chi connectivity index (χ3v) is 4.90. The van der Waals surface area contributed by atoms with Crippen LogP contribution in [0, 0.1) is 0 Å². The number of nitrogens with zero attached hydrogens (tertiary/aromatic N) is 1. The van der Waals surface area contributed by atoms with Crippen molar-refractivity contribution in [3.8, 4) is 5.75 Å². The van der Waals surface area contributed by atoms with Crippen LogP contribution in [0.15, 0.2) is 53.5 Å². The molecule has 0 aliphatic rings. The summed E-state index contributed by atoms with van der Waals surface area (Å²) in [5, 5.41) is 4.39. The van der Waals surface area contributed by atoms with Gasteiger partial charge in [0.25, 0.3) is 5.56 Å². The number of amides is 1. The lowest BCUT2D eigenvalue weighted by molar-refractivity contribution is -0.116. The van der Waals surface area contributed by atoms with E-state index in [-0.39, 0.29) is 24.1 Å². The maximum absolute atomic E-state index is 12.8. The zero-order chi connectivity index (χ0) is 21.0. The van der Waals surface area contributed by atoms with E-state index in [1.165, 1.54) is 4.57 Å². The molecule has 1 aromatic heterocycles. The molecule has 0 aliphatic carbocycles. The Hall–Kier alpha value is -3.08. The molecule has 3 rings (SSSR count). The molecule has 0 saturated heterocycles. The van der Waals surface area contributed by atoms with Gasteiger partial charge < -0.3 is 14.6 Å². The first-order valence-electron chi connectivity index (χ1n) is 10.1. The molecule has 1 heterocycles. The quantitative estimate of drug-likeness (QED) is 0.642. The number of hydrogen-bond acceptors (Lipinski definition) is 3. The average molecular weight is 392 g/mol. The lowest BCUT2D eigenvalue weighted by atomic mass is 10.0. The summed E-state index contributed by atoms with van der Waals surface area (Å²) in [4.78, 5) is 25.5. The summed E-state index contributed by atoms with van der Waals surface area (Å²) in [5.74, 6) is 0.521. The molecule has 0 bridgehead atoms. The minimum atomic E-state index is -0.207. The number of hydrogen-bond donors (Lipinski definition) is 1. The third kappa shape index (κ3) is 4.67. The second kappa shape index (κ2) is 8.95. The fraction of sp³-hybridized carbons (Fsp3) is 0.333. The van der Waals surface area contributed by atoms with Gasteiger partial charge >= 0.3 is 0 Å². The van der Waals surface area contributed by atoms with Crippen LogP contribution < -0.4 is 15.6 Å². The van der Waals surface area contributed by atoms with Gasteiger partial charge in [-0.15, -0.1) is 0 Å². The lowest BCUT2D eigenvalue weighted by Gasteiger charge is -2.15. The van der Waals surface area contributed by atoms with Crippen LogP contribution in [0.25, 0.3) is 10.8 Å². The molecule has 0 fully saturated rings. The first-order valence-corrected chi connectivity index (χ1v) is 10.1. The number of aryl methyl sites for hydroxylation is 2. The third-order valence-electron chi connectivity index (χ3n) is 4.90. The molecular formula is C24H28N2O3. The van der Waals surface area contributed by atoms with Crippen molar-refractivity contribution >= 4 is 22.4 Å². The summed E-state index contributed by atoms with van der Waals surface area (Å²) >= 11 is 0. The van der Waals surface area contributed by atoms with Crippen molar-refractivity contribution < 1.29 is 9.53 Å². The smallest absolute Gasteiger partial charge is 0.258 e. The Morgan fingerprint density at radius 3 is 2.38 bits per heavy atom. The van der Waals surface area contributed by atoms with Gasteiger partial charge in [-0.1, -0.05) is 32.0 Å². The fourth-order valence-corrected chi connectivity index (χ4v) is 3.47. The molecule has 152 valence electrons.